The number of nitrogens with one attached hydrogen (secondary N) is 2. The highest BCUT2D eigenvalue weighted by Crippen LogP contribution is 2.35. The number of ether oxygens (including phenoxy) is 1. The van der Waals surface area contributed by atoms with E-state index in [9.17, 15) is 4.79 Å². The highest BCUT2D eigenvalue weighted by atomic mass is 16.6. The summed E-state index contributed by atoms with van der Waals surface area (Å²) in [6, 6.07) is 0.739. The Balaban J connectivity index is 1.61. The normalized spacial score (nSPS) is 16.4. The van der Waals surface area contributed by atoms with E-state index in [2.05, 4.69) is 20.2 Å². The molecule has 0 aromatic carbocycles. The fourth-order valence-corrected chi connectivity index (χ4v) is 2.27. The predicted octanol–water partition coefficient (Wildman–Crippen LogP) is 2.61. The monoisotopic (exact) mass is 308 g/mol. The van der Waals surface area contributed by atoms with E-state index in [0.717, 1.165) is 19.5 Å². The average Bonchev–Trinajstić information content (AvgIpc) is 3.12. The molecule has 6 heteroatoms. The topological polar surface area (TPSA) is 68.2 Å². The molecule has 0 saturated heterocycles. The molecule has 6 nitrogen and oxygen atoms in total. The molecule has 0 radical (unpaired) electrons. The van der Waals surface area contributed by atoms with Gasteiger partial charge >= 0.3 is 6.09 Å². The molecule has 1 aromatic rings. The highest BCUT2D eigenvalue weighted by molar-refractivity contribution is 5.67. The van der Waals surface area contributed by atoms with Crippen LogP contribution in [0, 0.1) is 0 Å². The standard InChI is InChI=1S/C16H28N4O2/c1-12(19-15(21)22-16(2,3)4)7-8-17-9-14-10-18-11-20(14)13-5-6-13/h10-13,17H,5-9H2,1-4H3,(H,19,21). The summed E-state index contributed by atoms with van der Waals surface area (Å²) in [6.07, 6.45) is 6.87. The number of imidazole rings is 1. The first-order valence-electron chi connectivity index (χ1n) is 8.06. The number of rotatable bonds is 7. The van der Waals surface area contributed by atoms with Crippen LogP contribution >= 0.6 is 0 Å². The summed E-state index contributed by atoms with van der Waals surface area (Å²) in [5, 5.41) is 6.26. The van der Waals surface area contributed by atoms with Crippen LogP contribution < -0.4 is 10.6 Å². The number of hydrogen-bond donors (Lipinski definition) is 2. The Hall–Kier alpha value is -1.56. The summed E-state index contributed by atoms with van der Waals surface area (Å²) in [5.74, 6) is 0. The van der Waals surface area contributed by atoms with E-state index < -0.39 is 5.60 Å². The van der Waals surface area contributed by atoms with Gasteiger partial charge in [-0.05, 0) is 53.5 Å². The van der Waals surface area contributed by atoms with Crippen LogP contribution in [0.15, 0.2) is 12.5 Å². The van der Waals surface area contributed by atoms with Gasteiger partial charge < -0.3 is 19.9 Å². The van der Waals surface area contributed by atoms with Crippen molar-refractivity contribution < 1.29 is 9.53 Å². The molecule has 1 aliphatic rings. The van der Waals surface area contributed by atoms with Gasteiger partial charge in [-0.1, -0.05) is 0 Å². The van der Waals surface area contributed by atoms with E-state index in [-0.39, 0.29) is 12.1 Å². The number of hydrogen-bond acceptors (Lipinski definition) is 4. The van der Waals surface area contributed by atoms with Crippen molar-refractivity contribution in [2.45, 2.75) is 71.2 Å². The van der Waals surface area contributed by atoms with Crippen LogP contribution in [0.3, 0.4) is 0 Å². The minimum atomic E-state index is -0.455. The highest BCUT2D eigenvalue weighted by Gasteiger charge is 2.24. The zero-order valence-electron chi connectivity index (χ0n) is 14.1. The Morgan fingerprint density at radius 3 is 2.86 bits per heavy atom. The molecule has 124 valence electrons. The summed E-state index contributed by atoms with van der Waals surface area (Å²) in [6.45, 7) is 9.23. The van der Waals surface area contributed by atoms with Gasteiger partial charge in [0.05, 0.1) is 12.0 Å². The van der Waals surface area contributed by atoms with Crippen molar-refractivity contribution in [3.63, 3.8) is 0 Å². The minimum Gasteiger partial charge on any atom is -0.444 e. The molecule has 1 aliphatic carbocycles. The molecule has 1 amide bonds. The maximum Gasteiger partial charge on any atom is 0.407 e. The number of nitrogens with zero attached hydrogens (tertiary/aromatic N) is 2. The van der Waals surface area contributed by atoms with Crippen molar-refractivity contribution in [1.82, 2.24) is 20.2 Å². The number of aromatic nitrogens is 2. The van der Waals surface area contributed by atoms with Gasteiger partial charge in [-0.25, -0.2) is 9.78 Å². The van der Waals surface area contributed by atoms with Crippen LogP contribution in [0.1, 0.15) is 58.7 Å². The van der Waals surface area contributed by atoms with E-state index >= 15 is 0 Å². The van der Waals surface area contributed by atoms with Gasteiger partial charge in [-0.3, -0.25) is 0 Å². The van der Waals surface area contributed by atoms with Crippen molar-refractivity contribution in [3.8, 4) is 0 Å². The van der Waals surface area contributed by atoms with Gasteiger partial charge in [0.15, 0.2) is 0 Å². The first-order valence-corrected chi connectivity index (χ1v) is 8.06. The molecule has 1 heterocycles. The third-order valence-corrected chi connectivity index (χ3v) is 3.51. The molecule has 2 rings (SSSR count). The van der Waals surface area contributed by atoms with Crippen LogP contribution in [0.4, 0.5) is 4.79 Å². The zero-order valence-corrected chi connectivity index (χ0v) is 14.1. The lowest BCUT2D eigenvalue weighted by molar-refractivity contribution is 0.0506. The zero-order chi connectivity index (χ0) is 16.2. The summed E-state index contributed by atoms with van der Waals surface area (Å²) in [7, 11) is 0. The van der Waals surface area contributed by atoms with E-state index in [1.54, 1.807) is 0 Å². The van der Waals surface area contributed by atoms with Crippen LogP contribution in [0.2, 0.25) is 0 Å². The summed E-state index contributed by atoms with van der Waals surface area (Å²) < 4.78 is 7.50. The molecule has 2 N–H and O–H groups in total. The molecule has 1 aromatic heterocycles. The molecular weight excluding hydrogens is 280 g/mol. The Morgan fingerprint density at radius 1 is 1.50 bits per heavy atom. The van der Waals surface area contributed by atoms with Crippen LogP contribution in [0.25, 0.3) is 0 Å². The molecular formula is C16H28N4O2. The third kappa shape index (κ3) is 5.67. The van der Waals surface area contributed by atoms with Gasteiger partial charge in [0.25, 0.3) is 0 Å². The number of carbonyl (C=O) groups excluding carboxylic acids is 1. The molecule has 1 saturated carbocycles. The second-order valence-electron chi connectivity index (χ2n) is 7.04. The number of amides is 1. The number of carbonyl (C=O) groups is 1. The Kier molecular flexibility index (Phi) is 5.45. The first kappa shape index (κ1) is 16.8. The average molecular weight is 308 g/mol. The molecule has 1 fully saturated rings. The van der Waals surface area contributed by atoms with Crippen molar-refractivity contribution in [3.05, 3.63) is 18.2 Å². The molecule has 1 unspecified atom stereocenters. The van der Waals surface area contributed by atoms with E-state index in [1.165, 1.54) is 18.5 Å². The van der Waals surface area contributed by atoms with Gasteiger partial charge in [0, 0.05) is 24.8 Å². The largest absolute Gasteiger partial charge is 0.444 e. The lowest BCUT2D eigenvalue weighted by atomic mass is 10.2. The predicted molar refractivity (Wildman–Crippen MR) is 85.7 cm³/mol. The maximum absolute atomic E-state index is 11.6. The molecule has 1 atom stereocenters. The first-order chi connectivity index (χ1) is 10.3. The summed E-state index contributed by atoms with van der Waals surface area (Å²) in [5.41, 5.74) is 0.777. The molecule has 22 heavy (non-hydrogen) atoms. The smallest absolute Gasteiger partial charge is 0.407 e. The minimum absolute atomic E-state index is 0.0793. The quantitative estimate of drug-likeness (QED) is 0.760. The molecule has 0 bridgehead atoms. The van der Waals surface area contributed by atoms with Crippen molar-refractivity contribution in [2.24, 2.45) is 0 Å². The number of alkyl carbamates (subject to hydrolysis) is 1. The van der Waals surface area contributed by atoms with Crippen LogP contribution in [-0.2, 0) is 11.3 Å². The summed E-state index contributed by atoms with van der Waals surface area (Å²) in [4.78, 5) is 15.9. The SMILES string of the molecule is CC(CCNCc1cncn1C1CC1)NC(=O)OC(C)(C)C. The maximum atomic E-state index is 11.6. The van der Waals surface area contributed by atoms with E-state index in [0.29, 0.717) is 6.04 Å². The van der Waals surface area contributed by atoms with Crippen molar-refractivity contribution >= 4 is 6.09 Å². The fourth-order valence-electron chi connectivity index (χ4n) is 2.27. The lowest BCUT2D eigenvalue weighted by Gasteiger charge is -2.22. The summed E-state index contributed by atoms with van der Waals surface area (Å²) >= 11 is 0. The third-order valence-electron chi connectivity index (χ3n) is 3.51. The van der Waals surface area contributed by atoms with E-state index in [4.69, 9.17) is 4.74 Å². The van der Waals surface area contributed by atoms with E-state index in [1.807, 2.05) is 40.2 Å². The fraction of sp³-hybridized carbons (Fsp3) is 0.750. The molecule has 0 spiro atoms. The van der Waals surface area contributed by atoms with Gasteiger partial charge in [0.1, 0.15) is 5.60 Å². The Morgan fingerprint density at radius 2 is 2.23 bits per heavy atom. The van der Waals surface area contributed by atoms with Crippen molar-refractivity contribution in [1.29, 1.82) is 0 Å². The van der Waals surface area contributed by atoms with Gasteiger partial charge in [0.2, 0.25) is 0 Å². The lowest BCUT2D eigenvalue weighted by Crippen LogP contribution is -2.38. The van der Waals surface area contributed by atoms with Crippen LogP contribution in [-0.4, -0.2) is 33.8 Å². The van der Waals surface area contributed by atoms with Crippen molar-refractivity contribution in [2.75, 3.05) is 6.54 Å². The Labute approximate surface area is 132 Å². The second kappa shape index (κ2) is 7.13. The Bertz CT molecular complexity index is 489. The van der Waals surface area contributed by atoms with Gasteiger partial charge in [-0.2, -0.15) is 0 Å². The molecule has 0 aliphatic heterocycles. The second-order valence-corrected chi connectivity index (χ2v) is 7.04. The van der Waals surface area contributed by atoms with Crippen LogP contribution in [0.5, 0.6) is 0 Å². The van der Waals surface area contributed by atoms with Gasteiger partial charge in [-0.15, -0.1) is 0 Å².